The van der Waals surface area contributed by atoms with Gasteiger partial charge in [0.1, 0.15) is 4.90 Å². The second-order valence-electron chi connectivity index (χ2n) is 3.25. The predicted octanol–water partition coefficient (Wildman–Crippen LogP) is 2.40. The highest BCUT2D eigenvalue weighted by Crippen LogP contribution is 2.26. The van der Waals surface area contributed by atoms with Gasteiger partial charge in [-0.1, -0.05) is 48.5 Å². The third-order valence-electron chi connectivity index (χ3n) is 2.16. The largest absolute Gasteiger partial charge is 0.295 e. The minimum absolute atomic E-state index is 0.193. The van der Waals surface area contributed by atoms with Crippen LogP contribution in [-0.4, -0.2) is 13.0 Å². The molecule has 81 valence electrons. The molecule has 0 bridgehead atoms. The van der Waals surface area contributed by atoms with Crippen molar-refractivity contribution >= 4 is 10.1 Å². The van der Waals surface area contributed by atoms with Crippen LogP contribution in [0.5, 0.6) is 0 Å². The lowest BCUT2D eigenvalue weighted by molar-refractivity contribution is 0.483. The average molecular weight is 233 g/mol. The van der Waals surface area contributed by atoms with Gasteiger partial charge in [0.25, 0.3) is 10.1 Å². The molecule has 2 aromatic carbocycles. The van der Waals surface area contributed by atoms with Gasteiger partial charge in [0.05, 0.1) is 0 Å². The molecule has 16 heavy (non-hydrogen) atoms. The van der Waals surface area contributed by atoms with Gasteiger partial charge >= 0.3 is 0 Å². The van der Waals surface area contributed by atoms with Crippen LogP contribution in [0.1, 0.15) is 0 Å². The van der Waals surface area contributed by atoms with E-state index in [-0.39, 0.29) is 4.90 Å². The molecule has 0 aliphatic heterocycles. The van der Waals surface area contributed by atoms with Crippen LogP contribution in [0.2, 0.25) is 0 Å². The molecule has 1 radical (unpaired) electrons. The van der Waals surface area contributed by atoms with E-state index in [9.17, 15) is 8.42 Å². The van der Waals surface area contributed by atoms with Crippen molar-refractivity contribution in [2.45, 2.75) is 4.90 Å². The third kappa shape index (κ3) is 2.13. The van der Waals surface area contributed by atoms with Crippen LogP contribution < -0.4 is 0 Å². The molecule has 0 saturated carbocycles. The van der Waals surface area contributed by atoms with Crippen LogP contribution in [0.3, 0.4) is 0 Å². The minimum Gasteiger partial charge on any atom is -0.282 e. The Morgan fingerprint density at radius 1 is 1.00 bits per heavy atom. The lowest BCUT2D eigenvalue weighted by atomic mass is 10.1. The van der Waals surface area contributed by atoms with E-state index in [0.29, 0.717) is 5.56 Å². The standard InChI is InChI=1S/C12H9O3S/c13-16(14,15)12-9-5-4-8-11(12)10-6-2-1-3-7-10/h1-8H,(H,13,14,15). The second-order valence-corrected chi connectivity index (χ2v) is 4.61. The van der Waals surface area contributed by atoms with Gasteiger partial charge in [-0.25, -0.2) is 0 Å². The Bertz CT molecular complexity index is 589. The fraction of sp³-hybridized carbons (Fsp3) is 0. The Morgan fingerprint density at radius 3 is 2.31 bits per heavy atom. The summed E-state index contributed by atoms with van der Waals surface area (Å²) >= 11 is 0. The van der Waals surface area contributed by atoms with Crippen LogP contribution >= 0.6 is 0 Å². The lowest BCUT2D eigenvalue weighted by Crippen LogP contribution is -2.00. The molecule has 0 heterocycles. The molecule has 0 unspecified atom stereocenters. The van der Waals surface area contributed by atoms with Gasteiger partial charge in [0.2, 0.25) is 0 Å². The second kappa shape index (κ2) is 4.08. The number of rotatable bonds is 2. The summed E-state index contributed by atoms with van der Waals surface area (Å²) in [5, 5.41) is 0. The Balaban J connectivity index is 2.68. The zero-order valence-electron chi connectivity index (χ0n) is 8.29. The molecule has 1 N–H and O–H groups in total. The molecule has 0 aliphatic rings. The highest BCUT2D eigenvalue weighted by atomic mass is 32.2. The van der Waals surface area contributed by atoms with Crippen molar-refractivity contribution in [3.05, 3.63) is 54.6 Å². The van der Waals surface area contributed by atoms with Crippen molar-refractivity contribution in [2.24, 2.45) is 0 Å². The summed E-state index contributed by atoms with van der Waals surface area (Å²) in [6.07, 6.45) is 0. The lowest BCUT2D eigenvalue weighted by Gasteiger charge is -2.05. The number of hydrogen-bond donors (Lipinski definition) is 1. The first-order chi connectivity index (χ1) is 7.59. The Labute approximate surface area is 94.1 Å². The van der Waals surface area contributed by atoms with Gasteiger partial charge in [-0.15, -0.1) is 0 Å². The van der Waals surface area contributed by atoms with Crippen LogP contribution in [0.15, 0.2) is 53.4 Å². The number of hydrogen-bond acceptors (Lipinski definition) is 2. The summed E-state index contributed by atoms with van der Waals surface area (Å²) in [7, 11) is -4.24. The smallest absolute Gasteiger partial charge is 0.282 e. The van der Waals surface area contributed by atoms with E-state index < -0.39 is 10.1 Å². The zero-order valence-corrected chi connectivity index (χ0v) is 9.11. The molecule has 0 spiro atoms. The first kappa shape index (κ1) is 10.9. The molecular formula is C12H9O3S. The van der Waals surface area contributed by atoms with Gasteiger partial charge in [-0.2, -0.15) is 8.42 Å². The van der Waals surface area contributed by atoms with E-state index >= 15 is 0 Å². The summed E-state index contributed by atoms with van der Waals surface area (Å²) in [6, 6.07) is 16.3. The molecule has 0 aromatic heterocycles. The molecule has 4 heteroatoms. The van der Waals surface area contributed by atoms with Gasteiger partial charge < -0.3 is 0 Å². The summed E-state index contributed by atoms with van der Waals surface area (Å²) in [5.74, 6) is 0. The van der Waals surface area contributed by atoms with Gasteiger partial charge in [-0.3, -0.25) is 4.55 Å². The predicted molar refractivity (Wildman–Crippen MR) is 60.5 cm³/mol. The topological polar surface area (TPSA) is 54.4 Å². The van der Waals surface area contributed by atoms with E-state index in [2.05, 4.69) is 6.07 Å². The zero-order chi connectivity index (χ0) is 11.6. The van der Waals surface area contributed by atoms with Crippen molar-refractivity contribution in [2.75, 3.05) is 0 Å². The Morgan fingerprint density at radius 2 is 1.69 bits per heavy atom. The first-order valence-electron chi connectivity index (χ1n) is 4.62. The summed E-state index contributed by atoms with van der Waals surface area (Å²) in [5.41, 5.74) is 1.18. The van der Waals surface area contributed by atoms with Gasteiger partial charge in [0.15, 0.2) is 0 Å². The molecule has 3 nitrogen and oxygen atoms in total. The third-order valence-corrected chi connectivity index (χ3v) is 3.01. The van der Waals surface area contributed by atoms with Gasteiger partial charge in [0, 0.05) is 11.6 Å². The molecule has 0 aliphatic carbocycles. The van der Waals surface area contributed by atoms with E-state index in [1.165, 1.54) is 6.07 Å². The van der Waals surface area contributed by atoms with Crippen LogP contribution in [0.25, 0.3) is 11.1 Å². The maximum atomic E-state index is 11.2. The van der Waals surface area contributed by atoms with Gasteiger partial charge in [-0.05, 0) is 5.56 Å². The Hall–Kier alpha value is -1.65. The fourth-order valence-corrected chi connectivity index (χ4v) is 2.16. The SMILES string of the molecule is O=S(=O)(O)c1[c]cccc1-c1ccccc1. The van der Waals surface area contributed by atoms with Crippen LogP contribution in [-0.2, 0) is 10.1 Å². The highest BCUT2D eigenvalue weighted by molar-refractivity contribution is 7.86. The van der Waals surface area contributed by atoms with Crippen molar-refractivity contribution in [3.8, 4) is 11.1 Å². The van der Waals surface area contributed by atoms with E-state index in [0.717, 1.165) is 5.56 Å². The fourth-order valence-electron chi connectivity index (χ4n) is 1.48. The summed E-state index contributed by atoms with van der Waals surface area (Å²) in [6.45, 7) is 0. The van der Waals surface area contributed by atoms with Crippen LogP contribution in [0, 0.1) is 6.07 Å². The van der Waals surface area contributed by atoms with Crippen molar-refractivity contribution in [1.29, 1.82) is 0 Å². The molecule has 2 aromatic rings. The van der Waals surface area contributed by atoms with Crippen molar-refractivity contribution in [1.82, 2.24) is 0 Å². The molecule has 0 amide bonds. The molecule has 0 saturated heterocycles. The van der Waals surface area contributed by atoms with E-state index in [1.807, 2.05) is 6.07 Å². The molecular weight excluding hydrogens is 224 g/mol. The average Bonchev–Trinajstić information content (AvgIpc) is 2.29. The highest BCUT2D eigenvalue weighted by Gasteiger charge is 2.15. The summed E-state index contributed by atoms with van der Waals surface area (Å²) < 4.78 is 31.4. The maximum Gasteiger partial charge on any atom is 0.295 e. The van der Waals surface area contributed by atoms with Crippen molar-refractivity contribution < 1.29 is 13.0 Å². The molecule has 0 atom stereocenters. The number of benzene rings is 2. The van der Waals surface area contributed by atoms with E-state index in [4.69, 9.17) is 4.55 Å². The quantitative estimate of drug-likeness (QED) is 0.810. The normalized spacial score (nSPS) is 11.3. The van der Waals surface area contributed by atoms with Crippen LogP contribution in [0.4, 0.5) is 0 Å². The summed E-state index contributed by atoms with van der Waals surface area (Å²) in [4.78, 5) is -0.193. The maximum absolute atomic E-state index is 11.2. The monoisotopic (exact) mass is 233 g/mol. The molecule has 2 rings (SSSR count). The minimum atomic E-state index is -4.24. The molecule has 0 fully saturated rings. The first-order valence-corrected chi connectivity index (χ1v) is 6.06. The van der Waals surface area contributed by atoms with Crippen molar-refractivity contribution in [3.63, 3.8) is 0 Å². The Kier molecular flexibility index (Phi) is 2.77. The van der Waals surface area contributed by atoms with E-state index in [1.54, 1.807) is 36.4 Å².